The fourth-order valence-electron chi connectivity index (χ4n) is 2.06. The van der Waals surface area contributed by atoms with E-state index in [1.54, 1.807) is 24.3 Å². The molecule has 1 heterocycles. The predicted octanol–water partition coefficient (Wildman–Crippen LogP) is 3.12. The first-order valence-electron chi connectivity index (χ1n) is 7.28. The molecule has 0 aliphatic carbocycles. The van der Waals surface area contributed by atoms with Crippen LogP contribution in [0.25, 0.3) is 11.5 Å². The zero-order valence-corrected chi connectivity index (χ0v) is 14.9. The van der Waals surface area contributed by atoms with Crippen molar-refractivity contribution in [2.45, 2.75) is 10.1 Å². The van der Waals surface area contributed by atoms with Gasteiger partial charge in [-0.15, -0.1) is 10.2 Å². The Labute approximate surface area is 149 Å². The van der Waals surface area contributed by atoms with Gasteiger partial charge in [-0.2, -0.15) is 0 Å². The van der Waals surface area contributed by atoms with Crippen molar-refractivity contribution in [2.75, 3.05) is 12.0 Å². The Kier molecular flexibility index (Phi) is 5.00. The van der Waals surface area contributed by atoms with Crippen LogP contribution >= 0.6 is 11.8 Å². The minimum atomic E-state index is -3.25. The number of carbonyl (C=O) groups is 1. The standard InChI is InChI=1S/C17H14N2O4S2/c1-25(21,22)14-9-7-13(8-10-14)16-18-19-17(23-16)24-11-15(20)12-5-3-2-4-6-12/h2-10H,11H2,1H3. The number of benzene rings is 2. The van der Waals surface area contributed by atoms with Crippen molar-refractivity contribution in [1.82, 2.24) is 10.2 Å². The summed E-state index contributed by atoms with van der Waals surface area (Å²) in [5.41, 5.74) is 1.24. The second-order valence-electron chi connectivity index (χ2n) is 5.25. The number of carbonyl (C=O) groups excluding carboxylic acids is 1. The average molecular weight is 374 g/mol. The predicted molar refractivity (Wildman–Crippen MR) is 94.3 cm³/mol. The second kappa shape index (κ2) is 7.20. The highest BCUT2D eigenvalue weighted by Crippen LogP contribution is 2.24. The first-order valence-corrected chi connectivity index (χ1v) is 10.2. The van der Waals surface area contributed by atoms with Crippen molar-refractivity contribution in [2.24, 2.45) is 0 Å². The van der Waals surface area contributed by atoms with E-state index in [1.807, 2.05) is 18.2 Å². The highest BCUT2D eigenvalue weighted by Gasteiger charge is 2.13. The van der Waals surface area contributed by atoms with Gasteiger partial charge in [-0.25, -0.2) is 8.42 Å². The van der Waals surface area contributed by atoms with Crippen molar-refractivity contribution in [3.63, 3.8) is 0 Å². The lowest BCUT2D eigenvalue weighted by molar-refractivity contribution is 0.102. The van der Waals surface area contributed by atoms with E-state index in [1.165, 1.54) is 12.1 Å². The van der Waals surface area contributed by atoms with Gasteiger partial charge in [0.15, 0.2) is 15.6 Å². The molecule has 0 saturated heterocycles. The molecule has 0 bridgehead atoms. The highest BCUT2D eigenvalue weighted by molar-refractivity contribution is 7.99. The molecule has 0 aliphatic heterocycles. The Bertz CT molecular complexity index is 981. The lowest BCUT2D eigenvalue weighted by Gasteiger charge is -1.99. The number of aromatic nitrogens is 2. The molecule has 0 radical (unpaired) electrons. The summed E-state index contributed by atoms with van der Waals surface area (Å²) in [7, 11) is -3.25. The molecule has 0 atom stereocenters. The molecule has 0 N–H and O–H groups in total. The average Bonchev–Trinajstić information content (AvgIpc) is 3.09. The van der Waals surface area contributed by atoms with Crippen LogP contribution < -0.4 is 0 Å². The molecule has 0 spiro atoms. The minimum absolute atomic E-state index is 0.0251. The summed E-state index contributed by atoms with van der Waals surface area (Å²) in [5.74, 6) is 0.441. The molecule has 25 heavy (non-hydrogen) atoms. The van der Waals surface area contributed by atoms with Gasteiger partial charge >= 0.3 is 0 Å². The van der Waals surface area contributed by atoms with E-state index in [9.17, 15) is 13.2 Å². The maximum absolute atomic E-state index is 12.1. The van der Waals surface area contributed by atoms with Crippen LogP contribution in [0.1, 0.15) is 10.4 Å². The van der Waals surface area contributed by atoms with E-state index in [0.717, 1.165) is 18.0 Å². The molecule has 0 aliphatic rings. The number of hydrogen-bond donors (Lipinski definition) is 0. The maximum atomic E-state index is 12.1. The largest absolute Gasteiger partial charge is 0.411 e. The number of nitrogens with zero attached hydrogens (tertiary/aromatic N) is 2. The van der Waals surface area contributed by atoms with Crippen LogP contribution in [0.15, 0.2) is 69.1 Å². The van der Waals surface area contributed by atoms with Gasteiger partial charge in [0.05, 0.1) is 10.6 Å². The Balaban J connectivity index is 1.67. The Hall–Kier alpha value is -2.45. The van der Waals surface area contributed by atoms with Gasteiger partial charge in [-0.1, -0.05) is 42.1 Å². The third-order valence-corrected chi connectivity index (χ3v) is 5.31. The summed E-state index contributed by atoms with van der Waals surface area (Å²) in [6, 6.07) is 15.2. The lowest BCUT2D eigenvalue weighted by atomic mass is 10.2. The number of rotatable bonds is 6. The van der Waals surface area contributed by atoms with Gasteiger partial charge in [-0.3, -0.25) is 4.79 Å². The SMILES string of the molecule is CS(=O)(=O)c1ccc(-c2nnc(SCC(=O)c3ccccc3)o2)cc1. The van der Waals surface area contributed by atoms with Crippen molar-refractivity contribution in [3.05, 3.63) is 60.2 Å². The zero-order valence-electron chi connectivity index (χ0n) is 13.2. The number of thioether (sulfide) groups is 1. The number of Topliss-reactive ketones (excluding diaryl/α,β-unsaturated/α-hetero) is 1. The van der Waals surface area contributed by atoms with E-state index in [2.05, 4.69) is 10.2 Å². The van der Waals surface area contributed by atoms with Crippen molar-refractivity contribution in [1.29, 1.82) is 0 Å². The van der Waals surface area contributed by atoms with Crippen LogP contribution in [-0.4, -0.2) is 36.4 Å². The molecule has 0 saturated carbocycles. The van der Waals surface area contributed by atoms with Crippen molar-refractivity contribution in [3.8, 4) is 11.5 Å². The van der Waals surface area contributed by atoms with Crippen LogP contribution in [0, 0.1) is 0 Å². The van der Waals surface area contributed by atoms with E-state index in [0.29, 0.717) is 11.1 Å². The van der Waals surface area contributed by atoms with Crippen LogP contribution in [-0.2, 0) is 9.84 Å². The maximum Gasteiger partial charge on any atom is 0.277 e. The second-order valence-corrected chi connectivity index (χ2v) is 8.19. The quantitative estimate of drug-likeness (QED) is 0.484. The smallest absolute Gasteiger partial charge is 0.277 e. The molecule has 0 unspecified atom stereocenters. The molecule has 0 amide bonds. The summed E-state index contributed by atoms with van der Waals surface area (Å²) in [5, 5.41) is 8.12. The summed E-state index contributed by atoms with van der Waals surface area (Å²) in [6.45, 7) is 0. The van der Waals surface area contributed by atoms with Crippen LogP contribution in [0.3, 0.4) is 0 Å². The topological polar surface area (TPSA) is 90.1 Å². The van der Waals surface area contributed by atoms with Gasteiger partial charge < -0.3 is 4.42 Å². The van der Waals surface area contributed by atoms with Gasteiger partial charge in [0.25, 0.3) is 5.22 Å². The fourth-order valence-corrected chi connectivity index (χ4v) is 3.35. The summed E-state index contributed by atoms with van der Waals surface area (Å²) in [4.78, 5) is 12.3. The number of ketones is 1. The molecule has 128 valence electrons. The number of sulfone groups is 1. The van der Waals surface area contributed by atoms with E-state index >= 15 is 0 Å². The normalized spacial score (nSPS) is 11.4. The van der Waals surface area contributed by atoms with E-state index in [4.69, 9.17) is 4.42 Å². The third kappa shape index (κ3) is 4.34. The van der Waals surface area contributed by atoms with Crippen molar-refractivity contribution >= 4 is 27.4 Å². The Morgan fingerprint density at radius 3 is 2.36 bits per heavy atom. The first-order chi connectivity index (χ1) is 11.9. The van der Waals surface area contributed by atoms with Gasteiger partial charge in [0, 0.05) is 17.4 Å². The molecule has 8 heteroatoms. The molecular weight excluding hydrogens is 360 g/mol. The Morgan fingerprint density at radius 1 is 1.04 bits per heavy atom. The summed E-state index contributed by atoms with van der Waals surface area (Å²) < 4.78 is 28.4. The minimum Gasteiger partial charge on any atom is -0.411 e. The van der Waals surface area contributed by atoms with Crippen LogP contribution in [0.5, 0.6) is 0 Å². The van der Waals surface area contributed by atoms with Gasteiger partial charge in [0.2, 0.25) is 5.89 Å². The summed E-state index contributed by atoms with van der Waals surface area (Å²) in [6.07, 6.45) is 1.15. The van der Waals surface area contributed by atoms with Crippen molar-refractivity contribution < 1.29 is 17.6 Å². The fraction of sp³-hybridized carbons (Fsp3) is 0.118. The van der Waals surface area contributed by atoms with Crippen LogP contribution in [0.2, 0.25) is 0 Å². The lowest BCUT2D eigenvalue weighted by Crippen LogP contribution is -2.01. The molecule has 2 aromatic carbocycles. The molecule has 6 nitrogen and oxygen atoms in total. The molecule has 0 fully saturated rings. The molecule has 1 aromatic heterocycles. The number of hydrogen-bond acceptors (Lipinski definition) is 7. The first kappa shape index (κ1) is 17.4. The molecule has 3 rings (SSSR count). The zero-order chi connectivity index (χ0) is 17.9. The Morgan fingerprint density at radius 2 is 1.72 bits per heavy atom. The molecular formula is C17H14N2O4S2. The van der Waals surface area contributed by atoms with Crippen LogP contribution in [0.4, 0.5) is 0 Å². The van der Waals surface area contributed by atoms with E-state index < -0.39 is 9.84 Å². The monoisotopic (exact) mass is 374 g/mol. The third-order valence-electron chi connectivity index (χ3n) is 3.36. The molecule has 3 aromatic rings. The van der Waals surface area contributed by atoms with Gasteiger partial charge in [0.1, 0.15) is 0 Å². The van der Waals surface area contributed by atoms with E-state index in [-0.39, 0.29) is 27.5 Å². The highest BCUT2D eigenvalue weighted by atomic mass is 32.2. The summed E-state index contributed by atoms with van der Waals surface area (Å²) >= 11 is 1.16. The van der Waals surface area contributed by atoms with Gasteiger partial charge in [-0.05, 0) is 24.3 Å².